The molecule has 0 heterocycles. The van der Waals surface area contributed by atoms with Crippen LogP contribution >= 0.6 is 0 Å². The number of methoxy groups -OCH3 is 1. The van der Waals surface area contributed by atoms with Gasteiger partial charge in [-0.05, 0) is 97.3 Å². The second kappa shape index (κ2) is 11.4. The average molecular weight is 525 g/mol. The Morgan fingerprint density at radius 3 is 2.63 bits per heavy atom. The van der Waals surface area contributed by atoms with Gasteiger partial charge in [-0.1, -0.05) is 62.8 Å². The van der Waals surface area contributed by atoms with Crippen molar-refractivity contribution >= 4 is 5.97 Å². The summed E-state index contributed by atoms with van der Waals surface area (Å²) in [5, 5.41) is 10.5. The van der Waals surface area contributed by atoms with E-state index in [1.54, 1.807) is 0 Å². The second-order valence-electron chi connectivity index (χ2n) is 13.2. The van der Waals surface area contributed by atoms with E-state index in [1.807, 2.05) is 18.2 Å². The Kier molecular flexibility index (Phi) is 8.38. The van der Waals surface area contributed by atoms with Crippen LogP contribution in [0.4, 0.5) is 0 Å². The molecule has 1 N–H and O–H groups in total. The number of carbonyl (C=O) groups excluding carboxylic acids is 1. The molecule has 5 heteroatoms. The minimum atomic E-state index is -0.329. The first kappa shape index (κ1) is 27.9. The van der Waals surface area contributed by atoms with E-state index in [4.69, 9.17) is 14.2 Å². The molecule has 38 heavy (non-hydrogen) atoms. The summed E-state index contributed by atoms with van der Waals surface area (Å²) in [5.41, 5.74) is 3.00. The standard InChI is InChI=1S/C33H48O5/c1-22(10-13-30(35)36-4)26-11-12-27-31-28(15-17-33(26,27)3)32(2)16-14-25(34)18-24(32)19-29(31)38-21-37-20-23-8-6-5-7-9-23/h5-9,18,22,25-29,31,34H,10-17,19-21H2,1-4H3/t22-,25+,26-,27+,28+,29-,31+,32+,33-/m1/s1. The Morgan fingerprint density at radius 1 is 1.08 bits per heavy atom. The van der Waals surface area contributed by atoms with Gasteiger partial charge in [0.2, 0.25) is 0 Å². The Balaban J connectivity index is 1.34. The summed E-state index contributed by atoms with van der Waals surface area (Å²) >= 11 is 0. The van der Waals surface area contributed by atoms with Crippen LogP contribution < -0.4 is 0 Å². The number of aliphatic hydroxyl groups is 1. The molecule has 4 aliphatic carbocycles. The molecule has 0 amide bonds. The van der Waals surface area contributed by atoms with Gasteiger partial charge in [-0.25, -0.2) is 0 Å². The maximum Gasteiger partial charge on any atom is 0.305 e. The van der Waals surface area contributed by atoms with Crippen molar-refractivity contribution in [1.82, 2.24) is 0 Å². The molecule has 210 valence electrons. The first-order valence-corrected chi connectivity index (χ1v) is 15.0. The van der Waals surface area contributed by atoms with Crippen LogP contribution in [0.5, 0.6) is 0 Å². The van der Waals surface area contributed by atoms with E-state index in [2.05, 4.69) is 39.0 Å². The minimum Gasteiger partial charge on any atom is -0.469 e. The summed E-state index contributed by atoms with van der Waals surface area (Å²) in [6, 6.07) is 10.3. The van der Waals surface area contributed by atoms with Crippen LogP contribution in [-0.2, 0) is 25.6 Å². The van der Waals surface area contributed by atoms with E-state index in [0.29, 0.717) is 49.4 Å². The monoisotopic (exact) mass is 524 g/mol. The van der Waals surface area contributed by atoms with Gasteiger partial charge in [0.25, 0.3) is 0 Å². The van der Waals surface area contributed by atoms with Crippen molar-refractivity contribution in [2.24, 2.45) is 40.4 Å². The third-order valence-corrected chi connectivity index (χ3v) is 11.4. The van der Waals surface area contributed by atoms with Gasteiger partial charge in [-0.2, -0.15) is 0 Å². The number of aliphatic hydroxyl groups excluding tert-OH is 1. The highest BCUT2D eigenvalue weighted by Crippen LogP contribution is 2.68. The molecule has 0 radical (unpaired) electrons. The number of esters is 1. The maximum absolute atomic E-state index is 11.9. The van der Waals surface area contributed by atoms with E-state index < -0.39 is 0 Å². The van der Waals surface area contributed by atoms with Crippen LogP contribution in [-0.4, -0.2) is 37.2 Å². The van der Waals surface area contributed by atoms with Crippen molar-refractivity contribution in [1.29, 1.82) is 0 Å². The molecule has 1 aromatic carbocycles. The fourth-order valence-corrected chi connectivity index (χ4v) is 9.31. The molecule has 4 aliphatic rings. The molecule has 3 saturated carbocycles. The SMILES string of the molecule is COC(=O)CC[C@@H](C)[C@H]1CC[C@H]2[C@@H]3[C@H](OCOCc4ccccc4)CC4=C[C@@H](O)CC[C@]4(C)[C@H]3CC[C@]12C. The van der Waals surface area contributed by atoms with Crippen molar-refractivity contribution in [2.75, 3.05) is 13.9 Å². The number of benzene rings is 1. The van der Waals surface area contributed by atoms with Crippen LogP contribution in [0, 0.1) is 40.4 Å². The average Bonchev–Trinajstić information content (AvgIpc) is 3.28. The Bertz CT molecular complexity index is 990. The lowest BCUT2D eigenvalue weighted by Crippen LogP contribution is -2.56. The van der Waals surface area contributed by atoms with Gasteiger partial charge < -0.3 is 19.3 Å². The van der Waals surface area contributed by atoms with Gasteiger partial charge >= 0.3 is 5.97 Å². The zero-order chi connectivity index (χ0) is 26.9. The highest BCUT2D eigenvalue weighted by atomic mass is 16.7. The predicted molar refractivity (Wildman–Crippen MR) is 148 cm³/mol. The third kappa shape index (κ3) is 5.23. The first-order chi connectivity index (χ1) is 18.3. The number of hydrogen-bond acceptors (Lipinski definition) is 5. The molecule has 0 spiro atoms. The van der Waals surface area contributed by atoms with Gasteiger partial charge in [0.1, 0.15) is 6.79 Å². The minimum absolute atomic E-state index is 0.0942. The fraction of sp³-hybridized carbons (Fsp3) is 0.727. The molecule has 1 aromatic rings. The highest BCUT2D eigenvalue weighted by Gasteiger charge is 2.62. The maximum atomic E-state index is 11.9. The number of carbonyl (C=O) groups is 1. The van der Waals surface area contributed by atoms with E-state index in [0.717, 1.165) is 31.2 Å². The Hall–Kier alpha value is -1.69. The smallest absolute Gasteiger partial charge is 0.305 e. The zero-order valence-electron chi connectivity index (χ0n) is 23.9. The van der Waals surface area contributed by atoms with Crippen molar-refractivity contribution in [2.45, 2.75) is 97.4 Å². The van der Waals surface area contributed by atoms with Gasteiger partial charge in [-0.3, -0.25) is 4.79 Å². The summed E-state index contributed by atoms with van der Waals surface area (Å²) in [4.78, 5) is 11.9. The van der Waals surface area contributed by atoms with Crippen LogP contribution in [0.1, 0.15) is 84.1 Å². The van der Waals surface area contributed by atoms with Crippen LogP contribution in [0.15, 0.2) is 42.0 Å². The van der Waals surface area contributed by atoms with E-state index in [9.17, 15) is 9.90 Å². The summed E-state index contributed by atoms with van der Waals surface area (Å²) < 4.78 is 17.6. The van der Waals surface area contributed by atoms with Gasteiger partial charge in [0.15, 0.2) is 0 Å². The Labute approximate surface area is 229 Å². The molecule has 5 nitrogen and oxygen atoms in total. The fourth-order valence-electron chi connectivity index (χ4n) is 9.31. The molecular formula is C33H48O5. The molecular weight excluding hydrogens is 476 g/mol. The quantitative estimate of drug-likeness (QED) is 0.169. The molecule has 0 unspecified atom stereocenters. The number of fused-ring (bicyclic) bond motifs is 5. The molecule has 0 saturated heterocycles. The van der Waals surface area contributed by atoms with Crippen molar-refractivity contribution in [3.05, 3.63) is 47.5 Å². The van der Waals surface area contributed by atoms with E-state index in [-0.39, 0.29) is 29.0 Å². The van der Waals surface area contributed by atoms with E-state index >= 15 is 0 Å². The van der Waals surface area contributed by atoms with Gasteiger partial charge in [0, 0.05) is 6.42 Å². The molecule has 5 rings (SSSR count). The number of ether oxygens (including phenoxy) is 3. The van der Waals surface area contributed by atoms with Crippen molar-refractivity contribution < 1.29 is 24.1 Å². The number of hydrogen-bond donors (Lipinski definition) is 1. The van der Waals surface area contributed by atoms with Crippen LogP contribution in [0.25, 0.3) is 0 Å². The summed E-state index contributed by atoms with van der Waals surface area (Å²) in [5.74, 6) is 2.75. The van der Waals surface area contributed by atoms with Crippen molar-refractivity contribution in [3.8, 4) is 0 Å². The lowest BCUT2D eigenvalue weighted by Gasteiger charge is -2.60. The van der Waals surface area contributed by atoms with Crippen molar-refractivity contribution in [3.63, 3.8) is 0 Å². The summed E-state index contributed by atoms with van der Waals surface area (Å²) in [7, 11) is 1.49. The first-order valence-electron chi connectivity index (χ1n) is 15.0. The van der Waals surface area contributed by atoms with Gasteiger partial charge in [0.05, 0.1) is 25.9 Å². The Morgan fingerprint density at radius 2 is 1.87 bits per heavy atom. The molecule has 0 bridgehead atoms. The summed E-state index contributed by atoms with van der Waals surface area (Å²) in [6.07, 6.45) is 11.1. The normalized spacial score (nSPS) is 38.9. The predicted octanol–water partition coefficient (Wildman–Crippen LogP) is 6.69. The molecule has 0 aliphatic heterocycles. The lowest BCUT2D eigenvalue weighted by molar-refractivity contribution is -0.174. The highest BCUT2D eigenvalue weighted by molar-refractivity contribution is 5.69. The molecule has 0 aromatic heterocycles. The largest absolute Gasteiger partial charge is 0.469 e. The van der Waals surface area contributed by atoms with Crippen LogP contribution in [0.3, 0.4) is 0 Å². The topological polar surface area (TPSA) is 65.0 Å². The van der Waals surface area contributed by atoms with Gasteiger partial charge in [-0.15, -0.1) is 0 Å². The molecule has 3 fully saturated rings. The van der Waals surface area contributed by atoms with Crippen LogP contribution in [0.2, 0.25) is 0 Å². The zero-order valence-corrected chi connectivity index (χ0v) is 23.9. The lowest BCUT2D eigenvalue weighted by atomic mass is 9.45. The molecule has 9 atom stereocenters. The summed E-state index contributed by atoms with van der Waals surface area (Å²) in [6.45, 7) is 8.23. The van der Waals surface area contributed by atoms with E-state index in [1.165, 1.54) is 38.4 Å². The third-order valence-electron chi connectivity index (χ3n) is 11.4. The second-order valence-corrected chi connectivity index (χ2v) is 13.2. The number of rotatable bonds is 9.